The molecule has 0 aromatic heterocycles. The molecular weight excluding hydrogens is 372 g/mol. The monoisotopic (exact) mass is 394 g/mol. The van der Waals surface area contributed by atoms with Crippen LogP contribution in [0.3, 0.4) is 0 Å². The van der Waals surface area contributed by atoms with E-state index in [4.69, 9.17) is 4.74 Å². The zero-order chi connectivity index (χ0) is 20.8. The first-order chi connectivity index (χ1) is 14.7. The number of hydrogen-bond acceptors (Lipinski definition) is 3. The van der Waals surface area contributed by atoms with Gasteiger partial charge in [-0.05, 0) is 35.1 Å². The number of hydrogen-bond donors (Lipinski definition) is 1. The van der Waals surface area contributed by atoms with E-state index in [0.29, 0.717) is 5.75 Å². The second kappa shape index (κ2) is 9.05. The first-order valence-corrected chi connectivity index (χ1v) is 9.80. The van der Waals surface area contributed by atoms with Crippen LogP contribution in [0, 0.1) is 0 Å². The van der Waals surface area contributed by atoms with Gasteiger partial charge in [0.2, 0.25) is 0 Å². The van der Waals surface area contributed by atoms with Crippen LogP contribution in [-0.2, 0) is 4.79 Å². The molecule has 0 fully saturated rings. The molecule has 0 aliphatic heterocycles. The first kappa shape index (κ1) is 19.4. The van der Waals surface area contributed by atoms with Gasteiger partial charge in [-0.15, -0.1) is 0 Å². The number of ether oxygens (including phenoxy) is 1. The van der Waals surface area contributed by atoms with E-state index in [1.54, 1.807) is 0 Å². The van der Waals surface area contributed by atoms with E-state index < -0.39 is 0 Å². The Morgan fingerprint density at radius 1 is 0.800 bits per heavy atom. The van der Waals surface area contributed by atoms with Gasteiger partial charge in [0.25, 0.3) is 5.91 Å². The van der Waals surface area contributed by atoms with Crippen molar-refractivity contribution in [2.45, 2.75) is 6.92 Å². The Kier molecular flexibility index (Phi) is 5.85. The van der Waals surface area contributed by atoms with Crippen LogP contribution in [0.1, 0.15) is 12.5 Å². The number of carbonyl (C=O) groups excluding carboxylic acids is 1. The van der Waals surface area contributed by atoms with Crippen molar-refractivity contribution in [3.63, 3.8) is 0 Å². The van der Waals surface area contributed by atoms with Crippen molar-refractivity contribution in [1.29, 1.82) is 0 Å². The molecule has 0 radical (unpaired) electrons. The molecule has 1 N–H and O–H groups in total. The molecular formula is C26H22N2O2. The summed E-state index contributed by atoms with van der Waals surface area (Å²) >= 11 is 0. The Bertz CT molecular complexity index is 1180. The Balaban J connectivity index is 1.36. The summed E-state index contributed by atoms with van der Waals surface area (Å²) < 4.78 is 5.70. The SMILES string of the molecule is C/C(=N\NC(=O)COc1cccc2ccccc12)c1ccc(-c2ccccc2)cc1. The third-order valence-electron chi connectivity index (χ3n) is 4.87. The van der Waals surface area contributed by atoms with Crippen LogP contribution in [0.4, 0.5) is 0 Å². The second-order valence-electron chi connectivity index (χ2n) is 6.94. The van der Waals surface area contributed by atoms with Crippen molar-refractivity contribution >= 4 is 22.4 Å². The minimum absolute atomic E-state index is 0.0995. The van der Waals surface area contributed by atoms with Crippen molar-refractivity contribution in [3.05, 3.63) is 103 Å². The van der Waals surface area contributed by atoms with Gasteiger partial charge in [0, 0.05) is 5.39 Å². The summed E-state index contributed by atoms with van der Waals surface area (Å²) in [4.78, 5) is 12.2. The summed E-state index contributed by atoms with van der Waals surface area (Å²) in [6.07, 6.45) is 0. The zero-order valence-corrected chi connectivity index (χ0v) is 16.7. The average Bonchev–Trinajstić information content (AvgIpc) is 2.82. The molecule has 0 unspecified atom stereocenters. The molecule has 0 atom stereocenters. The normalized spacial score (nSPS) is 11.3. The van der Waals surface area contributed by atoms with E-state index in [1.807, 2.05) is 79.7 Å². The highest BCUT2D eigenvalue weighted by atomic mass is 16.5. The van der Waals surface area contributed by atoms with Crippen LogP contribution in [0.2, 0.25) is 0 Å². The smallest absolute Gasteiger partial charge is 0.277 e. The molecule has 4 rings (SSSR count). The van der Waals surface area contributed by atoms with Crippen LogP contribution in [0.25, 0.3) is 21.9 Å². The summed E-state index contributed by atoms with van der Waals surface area (Å²) in [5.74, 6) is 0.378. The van der Waals surface area contributed by atoms with Gasteiger partial charge in [0.05, 0.1) is 5.71 Å². The fraction of sp³-hybridized carbons (Fsp3) is 0.0769. The van der Waals surface area contributed by atoms with Gasteiger partial charge in [-0.1, -0.05) is 91.0 Å². The lowest BCUT2D eigenvalue weighted by Crippen LogP contribution is -2.25. The van der Waals surface area contributed by atoms with Crippen LogP contribution < -0.4 is 10.2 Å². The molecule has 0 spiro atoms. The van der Waals surface area contributed by atoms with E-state index in [-0.39, 0.29) is 12.5 Å². The lowest BCUT2D eigenvalue weighted by Gasteiger charge is -2.09. The molecule has 4 nitrogen and oxygen atoms in total. The maximum atomic E-state index is 12.2. The third-order valence-corrected chi connectivity index (χ3v) is 4.87. The van der Waals surface area contributed by atoms with Gasteiger partial charge in [0.15, 0.2) is 6.61 Å². The van der Waals surface area contributed by atoms with E-state index in [9.17, 15) is 4.79 Å². The lowest BCUT2D eigenvalue weighted by atomic mass is 10.0. The number of nitrogens with one attached hydrogen (secondary N) is 1. The fourth-order valence-electron chi connectivity index (χ4n) is 3.24. The number of amides is 1. The second-order valence-corrected chi connectivity index (χ2v) is 6.94. The van der Waals surface area contributed by atoms with Gasteiger partial charge < -0.3 is 4.74 Å². The molecule has 0 aliphatic rings. The minimum atomic E-state index is -0.303. The third kappa shape index (κ3) is 4.55. The molecule has 0 heterocycles. The number of fused-ring (bicyclic) bond motifs is 1. The van der Waals surface area contributed by atoms with E-state index in [2.05, 4.69) is 34.8 Å². The fourth-order valence-corrected chi connectivity index (χ4v) is 3.24. The summed E-state index contributed by atoms with van der Waals surface area (Å²) in [5.41, 5.74) is 6.55. The maximum Gasteiger partial charge on any atom is 0.277 e. The maximum absolute atomic E-state index is 12.2. The van der Waals surface area contributed by atoms with Crippen LogP contribution >= 0.6 is 0 Å². The topological polar surface area (TPSA) is 50.7 Å². The van der Waals surface area contributed by atoms with Gasteiger partial charge in [0.1, 0.15) is 5.75 Å². The van der Waals surface area contributed by atoms with Gasteiger partial charge >= 0.3 is 0 Å². The summed E-state index contributed by atoms with van der Waals surface area (Å²) in [5, 5.41) is 6.26. The summed E-state index contributed by atoms with van der Waals surface area (Å²) in [7, 11) is 0. The molecule has 0 aliphatic carbocycles. The van der Waals surface area contributed by atoms with E-state index >= 15 is 0 Å². The van der Waals surface area contributed by atoms with Crippen molar-refractivity contribution in [2.75, 3.05) is 6.61 Å². The Hall–Kier alpha value is -3.92. The van der Waals surface area contributed by atoms with Gasteiger partial charge in [-0.2, -0.15) is 5.10 Å². The number of carbonyl (C=O) groups is 1. The van der Waals surface area contributed by atoms with E-state index in [0.717, 1.165) is 33.2 Å². The van der Waals surface area contributed by atoms with E-state index in [1.165, 1.54) is 0 Å². The highest BCUT2D eigenvalue weighted by molar-refractivity contribution is 5.99. The Morgan fingerprint density at radius 3 is 2.27 bits per heavy atom. The molecule has 0 saturated heterocycles. The number of nitrogens with zero attached hydrogens (tertiary/aromatic N) is 1. The molecule has 0 saturated carbocycles. The Morgan fingerprint density at radius 2 is 1.47 bits per heavy atom. The molecule has 4 aromatic rings. The summed E-state index contributed by atoms with van der Waals surface area (Å²) in [6, 6.07) is 32.0. The molecule has 0 bridgehead atoms. The number of rotatable bonds is 6. The van der Waals surface area contributed by atoms with Crippen molar-refractivity contribution in [3.8, 4) is 16.9 Å². The molecule has 4 heteroatoms. The summed E-state index contributed by atoms with van der Waals surface area (Å²) in [6.45, 7) is 1.76. The van der Waals surface area contributed by atoms with Crippen LogP contribution in [-0.4, -0.2) is 18.2 Å². The van der Waals surface area contributed by atoms with Gasteiger partial charge in [-0.25, -0.2) is 5.43 Å². The zero-order valence-electron chi connectivity index (χ0n) is 16.7. The van der Waals surface area contributed by atoms with Crippen LogP contribution in [0.15, 0.2) is 102 Å². The Labute approximate surface area is 175 Å². The minimum Gasteiger partial charge on any atom is -0.483 e. The lowest BCUT2D eigenvalue weighted by molar-refractivity contribution is -0.123. The number of hydrazone groups is 1. The van der Waals surface area contributed by atoms with Crippen molar-refractivity contribution in [2.24, 2.45) is 5.10 Å². The van der Waals surface area contributed by atoms with Crippen LogP contribution in [0.5, 0.6) is 5.75 Å². The first-order valence-electron chi connectivity index (χ1n) is 9.80. The highest BCUT2D eigenvalue weighted by Crippen LogP contribution is 2.25. The van der Waals surface area contributed by atoms with Crippen molar-refractivity contribution in [1.82, 2.24) is 5.43 Å². The highest BCUT2D eigenvalue weighted by Gasteiger charge is 2.06. The number of benzene rings is 4. The predicted molar refractivity (Wildman–Crippen MR) is 122 cm³/mol. The largest absolute Gasteiger partial charge is 0.483 e. The molecule has 148 valence electrons. The molecule has 4 aromatic carbocycles. The molecule has 1 amide bonds. The standard InChI is InChI=1S/C26H22N2O2/c1-19(20-14-16-22(17-15-20)21-8-3-2-4-9-21)27-28-26(29)18-30-25-13-7-11-23-10-5-6-12-24(23)25/h2-17H,18H2,1H3,(H,28,29)/b27-19+. The van der Waals surface area contributed by atoms with Gasteiger partial charge in [-0.3, -0.25) is 4.79 Å². The predicted octanol–water partition coefficient (Wildman–Crippen LogP) is 5.43. The van der Waals surface area contributed by atoms with Crippen molar-refractivity contribution < 1.29 is 9.53 Å². The average molecular weight is 394 g/mol. The quantitative estimate of drug-likeness (QED) is 0.350. The molecule has 30 heavy (non-hydrogen) atoms.